The molecule has 2 atom stereocenters. The van der Waals surface area contributed by atoms with Crippen LogP contribution in [0.1, 0.15) is 24.3 Å². The highest BCUT2D eigenvalue weighted by molar-refractivity contribution is 6.30. The third kappa shape index (κ3) is 3.71. The number of carbonyl (C=O) groups excluding carboxylic acids is 1. The van der Waals surface area contributed by atoms with Crippen LogP contribution in [0.4, 0.5) is 10.5 Å². The first-order valence-corrected chi connectivity index (χ1v) is 9.45. The summed E-state index contributed by atoms with van der Waals surface area (Å²) in [5, 5.41) is 7.67. The molecule has 1 fully saturated rings. The van der Waals surface area contributed by atoms with Gasteiger partial charge in [0.1, 0.15) is 0 Å². The van der Waals surface area contributed by atoms with Gasteiger partial charge in [0.15, 0.2) is 0 Å². The van der Waals surface area contributed by atoms with E-state index in [0.29, 0.717) is 29.8 Å². The number of aromatic nitrogens is 3. The van der Waals surface area contributed by atoms with E-state index in [-0.39, 0.29) is 17.9 Å². The molecule has 28 heavy (non-hydrogen) atoms. The number of nitrogens with zero attached hydrogens (tertiary/aromatic N) is 4. The predicted molar refractivity (Wildman–Crippen MR) is 106 cm³/mol. The molecule has 144 valence electrons. The molecule has 3 heterocycles. The summed E-state index contributed by atoms with van der Waals surface area (Å²) in [6.45, 7) is 5.14. The fraction of sp³-hybridized carbons (Fsp3) is 0.300. The van der Waals surface area contributed by atoms with Gasteiger partial charge in [-0.3, -0.25) is 4.98 Å². The first kappa shape index (κ1) is 18.4. The molecule has 2 amide bonds. The van der Waals surface area contributed by atoms with E-state index in [4.69, 9.17) is 16.1 Å². The summed E-state index contributed by atoms with van der Waals surface area (Å²) in [4.78, 5) is 23.1. The van der Waals surface area contributed by atoms with E-state index in [1.54, 1.807) is 23.4 Å². The van der Waals surface area contributed by atoms with Crippen LogP contribution in [0.5, 0.6) is 0 Å². The third-order valence-electron chi connectivity index (χ3n) is 5.01. The van der Waals surface area contributed by atoms with Gasteiger partial charge < -0.3 is 14.7 Å². The topological polar surface area (TPSA) is 84.2 Å². The highest BCUT2D eigenvalue weighted by Crippen LogP contribution is 2.33. The lowest BCUT2D eigenvalue weighted by atomic mass is 9.98. The summed E-state index contributed by atoms with van der Waals surface area (Å²) in [5.41, 5.74) is 2.47. The number of aryl methyl sites for hydroxylation is 1. The zero-order valence-corrected chi connectivity index (χ0v) is 16.3. The maximum Gasteiger partial charge on any atom is 0.321 e. The molecule has 3 aromatic rings. The molecule has 0 radical (unpaired) electrons. The molecule has 1 aliphatic heterocycles. The lowest BCUT2D eigenvalue weighted by Crippen LogP contribution is -2.33. The summed E-state index contributed by atoms with van der Waals surface area (Å²) in [6, 6.07) is 8.96. The number of benzene rings is 1. The Morgan fingerprint density at radius 1 is 1.32 bits per heavy atom. The van der Waals surface area contributed by atoms with Gasteiger partial charge in [-0.05, 0) is 48.7 Å². The van der Waals surface area contributed by atoms with Crippen molar-refractivity contribution in [3.8, 4) is 11.4 Å². The molecule has 8 heteroatoms. The third-order valence-corrected chi connectivity index (χ3v) is 5.24. The molecule has 0 aliphatic carbocycles. The van der Waals surface area contributed by atoms with Gasteiger partial charge in [0, 0.05) is 41.8 Å². The smallest absolute Gasteiger partial charge is 0.321 e. The van der Waals surface area contributed by atoms with E-state index in [0.717, 1.165) is 16.8 Å². The molecule has 1 N–H and O–H groups in total. The average Bonchev–Trinajstić information content (AvgIpc) is 3.31. The molecule has 7 nitrogen and oxygen atoms in total. The molecular formula is C20H20ClN5O2. The van der Waals surface area contributed by atoms with Crippen LogP contribution in [0, 0.1) is 12.8 Å². The van der Waals surface area contributed by atoms with Crippen molar-refractivity contribution in [3.63, 3.8) is 0 Å². The number of likely N-dealkylation sites (tertiary alicyclic amines) is 1. The van der Waals surface area contributed by atoms with E-state index < -0.39 is 0 Å². The summed E-state index contributed by atoms with van der Waals surface area (Å²) >= 11 is 5.98. The molecule has 1 aliphatic rings. The number of hydrogen-bond donors (Lipinski definition) is 1. The first-order chi connectivity index (χ1) is 13.5. The van der Waals surface area contributed by atoms with Gasteiger partial charge in [-0.1, -0.05) is 23.7 Å². The molecular weight excluding hydrogens is 378 g/mol. The lowest BCUT2D eigenvalue weighted by molar-refractivity contribution is 0.220. The van der Waals surface area contributed by atoms with Crippen LogP contribution in [0.25, 0.3) is 11.4 Å². The summed E-state index contributed by atoms with van der Waals surface area (Å²) in [6.07, 6.45) is 3.39. The van der Waals surface area contributed by atoms with Gasteiger partial charge in [0.05, 0.1) is 5.92 Å². The van der Waals surface area contributed by atoms with Crippen LogP contribution in [0.15, 0.2) is 47.2 Å². The predicted octanol–water partition coefficient (Wildman–Crippen LogP) is 4.36. The minimum atomic E-state index is -0.147. The average molecular weight is 398 g/mol. The largest absolute Gasteiger partial charge is 0.339 e. The number of anilines is 1. The SMILES string of the molecule is Cc1cc(Cl)ccc1NC(=O)N1C[C@H](c2nc(-c3cccnc3)no2)[C@@H](C)C1. The Morgan fingerprint density at radius 3 is 2.93 bits per heavy atom. The van der Waals surface area contributed by atoms with Crippen molar-refractivity contribution in [3.05, 3.63) is 59.2 Å². The molecule has 0 unspecified atom stereocenters. The molecule has 0 spiro atoms. The Labute approximate surface area is 167 Å². The number of rotatable bonds is 3. The van der Waals surface area contributed by atoms with Crippen molar-refractivity contribution in [1.29, 1.82) is 0 Å². The van der Waals surface area contributed by atoms with Crippen LogP contribution in [0.3, 0.4) is 0 Å². The number of amides is 2. The number of hydrogen-bond acceptors (Lipinski definition) is 5. The molecule has 1 aromatic carbocycles. The van der Waals surface area contributed by atoms with Crippen LogP contribution < -0.4 is 5.32 Å². The van der Waals surface area contributed by atoms with Gasteiger partial charge in [-0.25, -0.2) is 4.79 Å². The summed E-state index contributed by atoms with van der Waals surface area (Å²) < 4.78 is 5.49. The van der Waals surface area contributed by atoms with Gasteiger partial charge in [0.2, 0.25) is 11.7 Å². The van der Waals surface area contributed by atoms with Crippen LogP contribution >= 0.6 is 11.6 Å². The van der Waals surface area contributed by atoms with Crippen molar-refractivity contribution < 1.29 is 9.32 Å². The van der Waals surface area contributed by atoms with Gasteiger partial charge in [0.25, 0.3) is 0 Å². The summed E-state index contributed by atoms with van der Waals surface area (Å²) in [5.74, 6) is 1.26. The Kier molecular flexibility index (Phi) is 5.00. The fourth-order valence-electron chi connectivity index (χ4n) is 3.41. The van der Waals surface area contributed by atoms with Crippen molar-refractivity contribution in [2.24, 2.45) is 5.92 Å². The van der Waals surface area contributed by atoms with Gasteiger partial charge >= 0.3 is 6.03 Å². The highest BCUT2D eigenvalue weighted by atomic mass is 35.5. The van der Waals surface area contributed by atoms with E-state index >= 15 is 0 Å². The van der Waals surface area contributed by atoms with E-state index in [2.05, 4.69) is 27.4 Å². The second-order valence-electron chi connectivity index (χ2n) is 7.08. The Bertz CT molecular complexity index is 991. The minimum absolute atomic E-state index is 0.00464. The van der Waals surface area contributed by atoms with Crippen molar-refractivity contribution >= 4 is 23.3 Å². The normalized spacial score (nSPS) is 19.0. The number of halogens is 1. The minimum Gasteiger partial charge on any atom is -0.339 e. The maximum atomic E-state index is 12.7. The lowest BCUT2D eigenvalue weighted by Gasteiger charge is -2.18. The molecule has 2 aromatic heterocycles. The molecule has 0 bridgehead atoms. The van der Waals surface area contributed by atoms with Gasteiger partial charge in [-0.15, -0.1) is 0 Å². The standard InChI is InChI=1S/C20H20ClN5O2/c1-12-8-15(21)5-6-17(12)23-20(27)26-10-13(2)16(11-26)19-24-18(25-28-19)14-4-3-7-22-9-14/h3-9,13,16H,10-11H2,1-2H3,(H,23,27)/t13-,16-/m0/s1. The number of carbonyl (C=O) groups is 1. The van der Waals surface area contributed by atoms with Crippen molar-refractivity contribution in [2.75, 3.05) is 18.4 Å². The first-order valence-electron chi connectivity index (χ1n) is 9.07. The fourth-order valence-corrected chi connectivity index (χ4v) is 3.64. The monoisotopic (exact) mass is 397 g/mol. The van der Waals surface area contributed by atoms with E-state index in [9.17, 15) is 4.79 Å². The quantitative estimate of drug-likeness (QED) is 0.709. The number of nitrogens with one attached hydrogen (secondary N) is 1. The highest BCUT2D eigenvalue weighted by Gasteiger charge is 2.37. The Balaban J connectivity index is 1.46. The summed E-state index contributed by atoms with van der Waals surface area (Å²) in [7, 11) is 0. The second kappa shape index (κ2) is 7.59. The van der Waals surface area contributed by atoms with E-state index in [1.165, 1.54) is 0 Å². The Morgan fingerprint density at radius 2 is 2.18 bits per heavy atom. The van der Waals surface area contributed by atoms with Crippen LogP contribution in [-0.4, -0.2) is 39.1 Å². The number of pyridine rings is 1. The second-order valence-corrected chi connectivity index (χ2v) is 7.51. The zero-order chi connectivity index (χ0) is 19.7. The maximum absolute atomic E-state index is 12.7. The van der Waals surface area contributed by atoms with Crippen molar-refractivity contribution in [2.45, 2.75) is 19.8 Å². The molecule has 1 saturated heterocycles. The molecule has 0 saturated carbocycles. The van der Waals surface area contributed by atoms with E-state index in [1.807, 2.05) is 31.2 Å². The zero-order valence-electron chi connectivity index (χ0n) is 15.6. The van der Waals surface area contributed by atoms with Gasteiger partial charge in [-0.2, -0.15) is 4.98 Å². The van der Waals surface area contributed by atoms with Crippen LogP contribution in [0.2, 0.25) is 5.02 Å². The Hall–Kier alpha value is -2.93. The molecule has 4 rings (SSSR count). The number of urea groups is 1. The van der Waals surface area contributed by atoms with Crippen molar-refractivity contribution in [1.82, 2.24) is 20.0 Å². The van der Waals surface area contributed by atoms with Crippen LogP contribution in [-0.2, 0) is 0 Å².